The molecule has 1 aromatic carbocycles. The lowest BCUT2D eigenvalue weighted by Gasteiger charge is -2.05. The predicted molar refractivity (Wildman–Crippen MR) is 52.8 cm³/mol. The number of rotatable bonds is 3. The number of aromatic hydroxyl groups is 1. The van der Waals surface area contributed by atoms with Crippen molar-refractivity contribution < 1.29 is 10.2 Å². The molecule has 1 aromatic rings. The standard InChI is InChI=1S/C11H16O2/c1-8-7-10(4-3-9(2)12)5-6-11(8)13/h5-7,9,12-13H,3-4H2,1-2H3. The second-order valence-electron chi connectivity index (χ2n) is 3.51. The summed E-state index contributed by atoms with van der Waals surface area (Å²) < 4.78 is 0. The Hall–Kier alpha value is -1.02. The molecule has 0 fully saturated rings. The molecule has 1 rings (SSSR count). The molecule has 1 atom stereocenters. The molecular weight excluding hydrogens is 164 g/mol. The fourth-order valence-corrected chi connectivity index (χ4v) is 1.25. The van der Waals surface area contributed by atoms with Crippen LogP contribution in [0, 0.1) is 6.92 Å². The summed E-state index contributed by atoms with van der Waals surface area (Å²) in [6.07, 6.45) is 1.37. The predicted octanol–water partition coefficient (Wildman–Crippen LogP) is 2.01. The van der Waals surface area contributed by atoms with Gasteiger partial charge in [-0.05, 0) is 43.9 Å². The minimum Gasteiger partial charge on any atom is -0.508 e. The number of aliphatic hydroxyl groups is 1. The van der Waals surface area contributed by atoms with Crippen molar-refractivity contribution in [2.45, 2.75) is 32.8 Å². The van der Waals surface area contributed by atoms with Crippen molar-refractivity contribution in [2.24, 2.45) is 0 Å². The summed E-state index contributed by atoms with van der Waals surface area (Å²) in [6, 6.07) is 5.55. The van der Waals surface area contributed by atoms with Gasteiger partial charge in [0.25, 0.3) is 0 Å². The Bertz CT molecular complexity index is 279. The zero-order chi connectivity index (χ0) is 9.84. The van der Waals surface area contributed by atoms with Crippen LogP contribution in [0.1, 0.15) is 24.5 Å². The van der Waals surface area contributed by atoms with Crippen LogP contribution in [0.3, 0.4) is 0 Å². The van der Waals surface area contributed by atoms with E-state index in [0.717, 1.165) is 24.0 Å². The summed E-state index contributed by atoms with van der Waals surface area (Å²) in [5.41, 5.74) is 2.05. The highest BCUT2D eigenvalue weighted by Crippen LogP contribution is 2.18. The van der Waals surface area contributed by atoms with E-state index < -0.39 is 0 Å². The van der Waals surface area contributed by atoms with Crippen molar-refractivity contribution in [3.05, 3.63) is 29.3 Å². The summed E-state index contributed by atoms with van der Waals surface area (Å²) in [5.74, 6) is 0.334. The SMILES string of the molecule is Cc1cc(CCC(C)O)ccc1O. The molecule has 13 heavy (non-hydrogen) atoms. The normalized spacial score (nSPS) is 12.8. The first kappa shape index (κ1) is 10.1. The Kier molecular flexibility index (Phi) is 3.32. The van der Waals surface area contributed by atoms with Crippen molar-refractivity contribution in [1.82, 2.24) is 0 Å². The van der Waals surface area contributed by atoms with Gasteiger partial charge in [0.05, 0.1) is 6.10 Å². The van der Waals surface area contributed by atoms with E-state index in [4.69, 9.17) is 5.11 Å². The van der Waals surface area contributed by atoms with E-state index in [0.29, 0.717) is 5.75 Å². The molecule has 0 spiro atoms. The molecule has 0 aliphatic heterocycles. The molecule has 0 aromatic heterocycles. The van der Waals surface area contributed by atoms with Crippen molar-refractivity contribution in [1.29, 1.82) is 0 Å². The maximum absolute atomic E-state index is 9.27. The van der Waals surface area contributed by atoms with E-state index in [1.807, 2.05) is 19.1 Å². The van der Waals surface area contributed by atoms with E-state index in [1.165, 1.54) is 0 Å². The van der Waals surface area contributed by atoms with Gasteiger partial charge in [-0.15, -0.1) is 0 Å². The van der Waals surface area contributed by atoms with Crippen molar-refractivity contribution in [2.75, 3.05) is 0 Å². The zero-order valence-corrected chi connectivity index (χ0v) is 8.12. The molecule has 0 radical (unpaired) electrons. The largest absolute Gasteiger partial charge is 0.508 e. The average Bonchev–Trinajstić information content (AvgIpc) is 2.07. The van der Waals surface area contributed by atoms with Gasteiger partial charge in [0, 0.05) is 0 Å². The van der Waals surface area contributed by atoms with E-state index in [9.17, 15) is 5.11 Å². The number of hydrogen-bond acceptors (Lipinski definition) is 2. The van der Waals surface area contributed by atoms with E-state index in [1.54, 1.807) is 13.0 Å². The number of hydrogen-bond donors (Lipinski definition) is 2. The number of benzene rings is 1. The number of phenols is 1. The molecule has 0 amide bonds. The van der Waals surface area contributed by atoms with Gasteiger partial charge in [-0.1, -0.05) is 12.1 Å². The van der Waals surface area contributed by atoms with Crippen molar-refractivity contribution >= 4 is 0 Å². The van der Waals surface area contributed by atoms with Crippen LogP contribution in [0.25, 0.3) is 0 Å². The molecule has 1 unspecified atom stereocenters. The van der Waals surface area contributed by atoms with E-state index in [-0.39, 0.29) is 6.10 Å². The first-order valence-electron chi connectivity index (χ1n) is 4.56. The first-order chi connectivity index (χ1) is 6.09. The van der Waals surface area contributed by atoms with Crippen LogP contribution in [-0.2, 0) is 6.42 Å². The molecule has 0 bridgehead atoms. The summed E-state index contributed by atoms with van der Waals surface area (Å²) in [4.78, 5) is 0. The highest BCUT2D eigenvalue weighted by atomic mass is 16.3. The monoisotopic (exact) mass is 180 g/mol. The maximum atomic E-state index is 9.27. The Morgan fingerprint density at radius 2 is 2.08 bits per heavy atom. The van der Waals surface area contributed by atoms with Crippen LogP contribution in [0.15, 0.2) is 18.2 Å². The van der Waals surface area contributed by atoms with Crippen molar-refractivity contribution in [3.63, 3.8) is 0 Å². The molecule has 0 aliphatic rings. The Morgan fingerprint density at radius 1 is 1.38 bits per heavy atom. The molecule has 0 heterocycles. The van der Waals surface area contributed by atoms with Crippen molar-refractivity contribution in [3.8, 4) is 5.75 Å². The second-order valence-corrected chi connectivity index (χ2v) is 3.51. The molecule has 2 N–H and O–H groups in total. The molecule has 72 valence electrons. The van der Waals surface area contributed by atoms with Gasteiger partial charge in [0.15, 0.2) is 0 Å². The van der Waals surface area contributed by atoms with Gasteiger partial charge >= 0.3 is 0 Å². The first-order valence-corrected chi connectivity index (χ1v) is 4.56. The third-order valence-corrected chi connectivity index (χ3v) is 2.11. The summed E-state index contributed by atoms with van der Waals surface area (Å²) in [6.45, 7) is 3.66. The van der Waals surface area contributed by atoms with Crippen LogP contribution in [0.4, 0.5) is 0 Å². The number of aryl methyl sites for hydroxylation is 2. The van der Waals surface area contributed by atoms with Gasteiger partial charge in [0.2, 0.25) is 0 Å². The zero-order valence-electron chi connectivity index (χ0n) is 8.12. The fraction of sp³-hybridized carbons (Fsp3) is 0.455. The Balaban J connectivity index is 2.63. The molecular formula is C11H16O2. The second kappa shape index (κ2) is 4.28. The lowest BCUT2D eigenvalue weighted by Crippen LogP contribution is -2.01. The molecule has 0 saturated carbocycles. The van der Waals surface area contributed by atoms with Crippen LogP contribution in [0.2, 0.25) is 0 Å². The topological polar surface area (TPSA) is 40.5 Å². The van der Waals surface area contributed by atoms with Crippen LogP contribution in [0.5, 0.6) is 5.75 Å². The van der Waals surface area contributed by atoms with Gasteiger partial charge < -0.3 is 10.2 Å². The minimum atomic E-state index is -0.255. The Labute approximate surface area is 78.8 Å². The fourth-order valence-electron chi connectivity index (χ4n) is 1.25. The minimum absolute atomic E-state index is 0.255. The summed E-state index contributed by atoms with van der Waals surface area (Å²) >= 11 is 0. The molecule has 2 nitrogen and oxygen atoms in total. The highest BCUT2D eigenvalue weighted by Gasteiger charge is 2.00. The lowest BCUT2D eigenvalue weighted by molar-refractivity contribution is 0.185. The van der Waals surface area contributed by atoms with Gasteiger partial charge in [-0.3, -0.25) is 0 Å². The smallest absolute Gasteiger partial charge is 0.118 e. The summed E-state index contributed by atoms with van der Waals surface area (Å²) in [7, 11) is 0. The maximum Gasteiger partial charge on any atom is 0.118 e. The average molecular weight is 180 g/mol. The summed E-state index contributed by atoms with van der Waals surface area (Å²) in [5, 5.41) is 18.4. The quantitative estimate of drug-likeness (QED) is 0.747. The van der Waals surface area contributed by atoms with E-state index in [2.05, 4.69) is 0 Å². The van der Waals surface area contributed by atoms with Gasteiger partial charge in [0.1, 0.15) is 5.75 Å². The third kappa shape index (κ3) is 3.07. The molecule has 0 aliphatic carbocycles. The lowest BCUT2D eigenvalue weighted by atomic mass is 10.0. The number of phenolic OH excluding ortho intramolecular Hbond substituents is 1. The van der Waals surface area contributed by atoms with Gasteiger partial charge in [-0.25, -0.2) is 0 Å². The van der Waals surface area contributed by atoms with Crippen LogP contribution in [-0.4, -0.2) is 16.3 Å². The van der Waals surface area contributed by atoms with E-state index >= 15 is 0 Å². The molecule has 0 saturated heterocycles. The third-order valence-electron chi connectivity index (χ3n) is 2.11. The van der Waals surface area contributed by atoms with Crippen LogP contribution >= 0.6 is 0 Å². The molecule has 2 heteroatoms. The van der Waals surface area contributed by atoms with Crippen LogP contribution < -0.4 is 0 Å². The highest BCUT2D eigenvalue weighted by molar-refractivity contribution is 5.34. The Morgan fingerprint density at radius 3 is 2.62 bits per heavy atom. The number of aliphatic hydroxyl groups excluding tert-OH is 1. The van der Waals surface area contributed by atoms with Gasteiger partial charge in [-0.2, -0.15) is 0 Å².